The molecule has 27 heavy (non-hydrogen) atoms. The zero-order valence-corrected chi connectivity index (χ0v) is 17.1. The average Bonchev–Trinajstić information content (AvgIpc) is 2.58. The molecule has 0 aliphatic carbocycles. The lowest BCUT2D eigenvalue weighted by molar-refractivity contribution is -0.252. The summed E-state index contributed by atoms with van der Waals surface area (Å²) in [6.45, 7) is 9.47. The first kappa shape index (κ1) is 19.9. The van der Waals surface area contributed by atoms with Crippen LogP contribution in [0, 0.1) is 0 Å². The van der Waals surface area contributed by atoms with Crippen LogP contribution in [0.3, 0.4) is 0 Å². The molecule has 2 atom stereocenters. The minimum Gasteiger partial charge on any atom is -0.459 e. The lowest BCUT2D eigenvalue weighted by Crippen LogP contribution is -2.45. The molecule has 0 fully saturated rings. The maximum absolute atomic E-state index is 10.6. The van der Waals surface area contributed by atoms with Gasteiger partial charge in [-0.25, -0.2) is 0 Å². The molecule has 0 bridgehead atoms. The zero-order valence-electron chi connectivity index (χ0n) is 17.1. The Hall–Kier alpha value is -1.88. The third kappa shape index (κ3) is 4.34. The molecule has 3 rings (SSSR count). The van der Waals surface area contributed by atoms with Gasteiger partial charge in [0.2, 0.25) is 5.79 Å². The Kier molecular flexibility index (Phi) is 5.10. The Labute approximate surface area is 161 Å². The van der Waals surface area contributed by atoms with E-state index < -0.39 is 11.4 Å². The molecule has 1 aliphatic rings. The summed E-state index contributed by atoms with van der Waals surface area (Å²) in [6.07, 6.45) is 2.12. The first-order valence-corrected chi connectivity index (χ1v) is 9.38. The van der Waals surface area contributed by atoms with Gasteiger partial charge in [0.1, 0.15) is 11.4 Å². The van der Waals surface area contributed by atoms with Gasteiger partial charge in [-0.2, -0.15) is 0 Å². The lowest BCUT2D eigenvalue weighted by atomic mass is 9.91. The predicted molar refractivity (Wildman–Crippen MR) is 107 cm³/mol. The minimum absolute atomic E-state index is 0.244. The molecular formula is C23H30O4. The molecule has 4 heteroatoms. The molecule has 0 amide bonds. The number of hydrogen-bond acceptors (Lipinski definition) is 4. The number of benzene rings is 2. The molecule has 1 aliphatic heterocycles. The molecule has 146 valence electrons. The fourth-order valence-corrected chi connectivity index (χ4v) is 3.45. The van der Waals surface area contributed by atoms with Crippen molar-refractivity contribution in [3.05, 3.63) is 59.9 Å². The fraction of sp³-hybridized carbons (Fsp3) is 0.478. The SMILES string of the molecule is CO[C@]1(c2ccc3ccccc3c2)C[C@@H](OC(C)(C)C)C=C(C(C)(C)O)O1. The molecule has 0 spiro atoms. The molecule has 2 aromatic rings. The van der Waals surface area contributed by atoms with Crippen LogP contribution in [0.4, 0.5) is 0 Å². The predicted octanol–water partition coefficient (Wildman–Crippen LogP) is 4.90. The smallest absolute Gasteiger partial charge is 0.239 e. The molecule has 4 nitrogen and oxygen atoms in total. The lowest BCUT2D eigenvalue weighted by Gasteiger charge is -2.43. The van der Waals surface area contributed by atoms with E-state index in [1.54, 1.807) is 21.0 Å². The molecule has 0 radical (unpaired) electrons. The largest absolute Gasteiger partial charge is 0.459 e. The summed E-state index contributed by atoms with van der Waals surface area (Å²) in [4.78, 5) is 0. The van der Waals surface area contributed by atoms with Gasteiger partial charge in [0.25, 0.3) is 0 Å². The molecule has 1 N–H and O–H groups in total. The van der Waals surface area contributed by atoms with E-state index in [1.807, 2.05) is 45.0 Å². The van der Waals surface area contributed by atoms with Gasteiger partial charge in [-0.3, -0.25) is 0 Å². The van der Waals surface area contributed by atoms with Crippen LogP contribution < -0.4 is 0 Å². The van der Waals surface area contributed by atoms with Crippen LogP contribution in [0.1, 0.15) is 46.6 Å². The molecule has 0 unspecified atom stereocenters. The van der Waals surface area contributed by atoms with E-state index in [1.165, 1.54) is 0 Å². The van der Waals surface area contributed by atoms with Crippen LogP contribution >= 0.6 is 0 Å². The van der Waals surface area contributed by atoms with Gasteiger partial charge in [0.15, 0.2) is 0 Å². The van der Waals surface area contributed by atoms with E-state index >= 15 is 0 Å². The Bertz CT molecular complexity index is 841. The summed E-state index contributed by atoms with van der Waals surface area (Å²) in [5, 5.41) is 12.9. The second-order valence-corrected chi connectivity index (χ2v) is 8.68. The Morgan fingerprint density at radius 1 is 1.04 bits per heavy atom. The summed E-state index contributed by atoms with van der Waals surface area (Å²) in [6, 6.07) is 14.4. The first-order chi connectivity index (χ1) is 12.5. The van der Waals surface area contributed by atoms with Crippen molar-refractivity contribution < 1.29 is 19.3 Å². The number of fused-ring (bicyclic) bond motifs is 1. The monoisotopic (exact) mass is 370 g/mol. The highest BCUT2D eigenvalue weighted by molar-refractivity contribution is 5.83. The molecule has 0 saturated carbocycles. The molecular weight excluding hydrogens is 340 g/mol. The van der Waals surface area contributed by atoms with Crippen molar-refractivity contribution in [3.63, 3.8) is 0 Å². The highest BCUT2D eigenvalue weighted by atomic mass is 16.7. The standard InChI is InChI=1S/C23H30O4/c1-21(2,3)26-19-14-20(22(4,5)24)27-23(15-19,25-6)18-12-11-16-9-7-8-10-17(16)13-18/h7-14,19,24H,15H2,1-6H3/t19-,23+/m0/s1. The van der Waals surface area contributed by atoms with Gasteiger partial charge in [0, 0.05) is 19.1 Å². The quantitative estimate of drug-likeness (QED) is 0.832. The second-order valence-electron chi connectivity index (χ2n) is 8.68. The number of rotatable bonds is 4. The van der Waals surface area contributed by atoms with E-state index in [9.17, 15) is 5.11 Å². The van der Waals surface area contributed by atoms with Gasteiger partial charge >= 0.3 is 0 Å². The summed E-state index contributed by atoms with van der Waals surface area (Å²) in [5.41, 5.74) is -0.562. The van der Waals surface area contributed by atoms with Crippen LogP contribution in [-0.2, 0) is 20.0 Å². The topological polar surface area (TPSA) is 47.9 Å². The maximum Gasteiger partial charge on any atom is 0.239 e. The zero-order chi connectivity index (χ0) is 19.9. The first-order valence-electron chi connectivity index (χ1n) is 9.38. The van der Waals surface area contributed by atoms with E-state index in [0.717, 1.165) is 16.3 Å². The Morgan fingerprint density at radius 2 is 1.70 bits per heavy atom. The van der Waals surface area contributed by atoms with Gasteiger partial charge in [-0.15, -0.1) is 0 Å². The summed E-state index contributed by atoms with van der Waals surface area (Å²) in [7, 11) is 1.64. The summed E-state index contributed by atoms with van der Waals surface area (Å²) >= 11 is 0. The minimum atomic E-state index is -1.14. The highest BCUT2D eigenvalue weighted by Gasteiger charge is 2.45. The molecule has 0 saturated heterocycles. The third-order valence-corrected chi connectivity index (χ3v) is 4.71. The third-order valence-electron chi connectivity index (χ3n) is 4.71. The second kappa shape index (κ2) is 6.93. The van der Waals surface area contributed by atoms with Crippen molar-refractivity contribution in [2.75, 3.05) is 7.11 Å². The van der Waals surface area contributed by atoms with Crippen LogP contribution in [0.15, 0.2) is 54.3 Å². The van der Waals surface area contributed by atoms with Crippen LogP contribution in [0.5, 0.6) is 0 Å². The van der Waals surface area contributed by atoms with E-state index in [2.05, 4.69) is 24.3 Å². The highest BCUT2D eigenvalue weighted by Crippen LogP contribution is 2.42. The van der Waals surface area contributed by atoms with Crippen molar-refractivity contribution in [2.45, 2.75) is 64.1 Å². The van der Waals surface area contributed by atoms with E-state index in [4.69, 9.17) is 14.2 Å². The van der Waals surface area contributed by atoms with Crippen LogP contribution in [-0.4, -0.2) is 29.5 Å². The van der Waals surface area contributed by atoms with Gasteiger partial charge in [0.05, 0.1) is 11.7 Å². The molecule has 1 heterocycles. The van der Waals surface area contributed by atoms with Gasteiger partial charge in [-0.1, -0.05) is 36.4 Å². The van der Waals surface area contributed by atoms with Crippen molar-refractivity contribution in [1.29, 1.82) is 0 Å². The Balaban J connectivity index is 2.07. The normalized spacial score (nSPS) is 23.8. The van der Waals surface area contributed by atoms with Gasteiger partial charge in [-0.05, 0) is 57.5 Å². The van der Waals surface area contributed by atoms with Crippen molar-refractivity contribution in [3.8, 4) is 0 Å². The summed E-state index contributed by atoms with van der Waals surface area (Å²) in [5.74, 6) is -0.567. The van der Waals surface area contributed by atoms with Crippen LogP contribution in [0.2, 0.25) is 0 Å². The molecule has 0 aromatic heterocycles. The Morgan fingerprint density at radius 3 is 2.30 bits per heavy atom. The number of methoxy groups -OCH3 is 1. The van der Waals surface area contributed by atoms with Crippen LogP contribution in [0.25, 0.3) is 10.8 Å². The number of hydrogen-bond donors (Lipinski definition) is 1. The van der Waals surface area contributed by atoms with Crippen molar-refractivity contribution in [1.82, 2.24) is 0 Å². The molecule has 2 aromatic carbocycles. The van der Waals surface area contributed by atoms with Crippen molar-refractivity contribution in [2.24, 2.45) is 0 Å². The maximum atomic E-state index is 10.6. The fourth-order valence-electron chi connectivity index (χ4n) is 3.45. The number of aliphatic hydroxyl groups is 1. The average molecular weight is 370 g/mol. The number of ether oxygens (including phenoxy) is 3. The van der Waals surface area contributed by atoms with Gasteiger partial charge < -0.3 is 19.3 Å². The summed E-state index contributed by atoms with van der Waals surface area (Å²) < 4.78 is 18.4. The van der Waals surface area contributed by atoms with E-state index in [0.29, 0.717) is 12.2 Å². The van der Waals surface area contributed by atoms with E-state index in [-0.39, 0.29) is 11.7 Å². The van der Waals surface area contributed by atoms with Crippen molar-refractivity contribution >= 4 is 10.8 Å².